The fourth-order valence-electron chi connectivity index (χ4n) is 1.86. The number of alkyl halides is 1. The largest absolute Gasteiger partial charge is 0.492 e. The Morgan fingerprint density at radius 1 is 1.24 bits per heavy atom. The Morgan fingerprint density at radius 3 is 2.36 bits per heavy atom. The van der Waals surface area contributed by atoms with E-state index in [1.807, 2.05) is 22.6 Å². The molecule has 0 aliphatic rings. The van der Waals surface area contributed by atoms with Gasteiger partial charge >= 0.3 is 5.97 Å². The van der Waals surface area contributed by atoms with Crippen LogP contribution in [0.4, 0.5) is 5.69 Å². The van der Waals surface area contributed by atoms with Crippen LogP contribution in [0.1, 0.15) is 20.7 Å². The van der Waals surface area contributed by atoms with Gasteiger partial charge in [-0.25, -0.2) is 4.79 Å². The molecule has 2 aromatic rings. The Hall–Kier alpha value is -2.32. The van der Waals surface area contributed by atoms with E-state index in [1.54, 1.807) is 0 Å². The van der Waals surface area contributed by atoms with Crippen LogP contribution in [0.3, 0.4) is 0 Å². The van der Waals surface area contributed by atoms with Crippen molar-refractivity contribution in [3.63, 3.8) is 0 Å². The third-order valence-electron chi connectivity index (χ3n) is 3.05. The van der Waals surface area contributed by atoms with E-state index < -0.39 is 32.7 Å². The zero-order valence-corrected chi connectivity index (χ0v) is 15.2. The number of aromatic nitrogens is 1. The van der Waals surface area contributed by atoms with Crippen molar-refractivity contribution in [1.82, 2.24) is 4.73 Å². The highest BCUT2D eigenvalue weighted by atomic mass is 127. The molecule has 0 fully saturated rings. The number of aromatic hydroxyl groups is 2. The first-order chi connectivity index (χ1) is 11.6. The summed E-state index contributed by atoms with van der Waals surface area (Å²) in [4.78, 5) is 27.3. The highest BCUT2D eigenvalue weighted by Crippen LogP contribution is 2.30. The third kappa shape index (κ3) is 3.85. The molecular weight excluding hydrogens is 471 g/mol. The van der Waals surface area contributed by atoms with Gasteiger partial charge in [-0.2, -0.15) is 8.42 Å². The van der Waals surface area contributed by atoms with Crippen molar-refractivity contribution in [3.8, 4) is 11.8 Å². The fourth-order valence-corrected chi connectivity index (χ4v) is 2.87. The Kier molecular flexibility index (Phi) is 5.24. The van der Waals surface area contributed by atoms with Gasteiger partial charge in [-0.15, -0.1) is 4.73 Å². The predicted octanol–water partition coefficient (Wildman–Crippen LogP) is 0.615. The fraction of sp³-hybridized carbons (Fsp3) is 0.0769. The summed E-state index contributed by atoms with van der Waals surface area (Å²) in [6.07, 6.45) is 0. The lowest BCUT2D eigenvalue weighted by molar-refractivity contribution is 0.0378. The molecule has 0 saturated heterocycles. The topological polar surface area (TPSA) is 169 Å². The van der Waals surface area contributed by atoms with E-state index in [2.05, 4.69) is 4.84 Å². The van der Waals surface area contributed by atoms with Gasteiger partial charge in [-0.1, -0.05) is 28.7 Å². The van der Waals surface area contributed by atoms with Gasteiger partial charge in [-0.05, 0) is 12.1 Å². The maximum absolute atomic E-state index is 12.1. The smallest absolute Gasteiger partial charge is 0.366 e. The first kappa shape index (κ1) is 19.0. The number of hydrogen-bond donors (Lipinski definition) is 4. The molecule has 10 nitrogen and oxygen atoms in total. The van der Waals surface area contributed by atoms with Crippen molar-refractivity contribution < 1.29 is 37.6 Å². The number of Topliss-reactive ketones (excluding diaryl/α,β-unsaturated/α-hetero) is 1. The average Bonchev–Trinajstić information content (AvgIpc) is 2.82. The number of carbonyl (C=O) groups is 2. The van der Waals surface area contributed by atoms with Crippen LogP contribution in [0.5, 0.6) is 11.8 Å². The molecule has 1 aromatic carbocycles. The summed E-state index contributed by atoms with van der Waals surface area (Å²) in [7, 11) is -4.85. The number of hydrogen-bond acceptors (Lipinski definition) is 8. The van der Waals surface area contributed by atoms with Crippen LogP contribution in [0.2, 0.25) is 0 Å². The monoisotopic (exact) mass is 482 g/mol. The normalized spacial score (nSPS) is 11.3. The zero-order valence-electron chi connectivity index (χ0n) is 12.2. The lowest BCUT2D eigenvalue weighted by Crippen LogP contribution is -2.20. The molecule has 0 aliphatic carbocycles. The number of anilines is 1. The SMILES string of the molecule is Nc1cc(C(=O)CI)ccc1C(=O)On1c(O)cc(S(=O)(=O)O)c1O. The predicted molar refractivity (Wildman–Crippen MR) is 92.6 cm³/mol. The lowest BCUT2D eigenvalue weighted by Gasteiger charge is -2.09. The quantitative estimate of drug-likeness (QED) is 0.157. The second kappa shape index (κ2) is 6.89. The molecule has 0 spiro atoms. The maximum Gasteiger partial charge on any atom is 0.366 e. The van der Waals surface area contributed by atoms with Crippen LogP contribution in [0.25, 0.3) is 0 Å². The van der Waals surface area contributed by atoms with Crippen LogP contribution in [0, 0.1) is 0 Å². The van der Waals surface area contributed by atoms with Crippen molar-refractivity contribution in [2.45, 2.75) is 4.90 Å². The van der Waals surface area contributed by atoms with Crippen molar-refractivity contribution in [3.05, 3.63) is 35.4 Å². The number of nitrogens with zero attached hydrogens (tertiary/aromatic N) is 1. The second-order valence-electron chi connectivity index (χ2n) is 4.70. The molecule has 25 heavy (non-hydrogen) atoms. The minimum atomic E-state index is -4.85. The number of nitrogen functional groups attached to an aromatic ring is 1. The standard InChI is InChI=1S/C13H11IN2O8S/c14-5-9(17)6-1-2-7(8(15)3-6)13(20)24-16-11(18)4-10(12(16)19)25(21,22)23/h1-4,18-19H,5,15H2,(H,21,22,23). The molecule has 0 unspecified atom stereocenters. The summed E-state index contributed by atoms with van der Waals surface area (Å²) in [5.41, 5.74) is 5.69. The Morgan fingerprint density at radius 2 is 1.88 bits per heavy atom. The third-order valence-corrected chi connectivity index (χ3v) is 4.60. The first-order valence-electron chi connectivity index (χ1n) is 6.38. The van der Waals surface area contributed by atoms with Crippen molar-refractivity contribution in [1.29, 1.82) is 0 Å². The van der Waals surface area contributed by atoms with E-state index in [0.717, 1.165) is 0 Å². The molecule has 1 aromatic heterocycles. The summed E-state index contributed by atoms with van der Waals surface area (Å²) in [5, 5.41) is 19.2. The van der Waals surface area contributed by atoms with Gasteiger partial charge in [0.1, 0.15) is 0 Å². The molecule has 5 N–H and O–H groups in total. The summed E-state index contributed by atoms with van der Waals surface area (Å²) in [6, 6.07) is 4.30. The van der Waals surface area contributed by atoms with Crippen LogP contribution >= 0.6 is 22.6 Å². The molecule has 2 rings (SSSR count). The summed E-state index contributed by atoms with van der Waals surface area (Å²) < 4.78 is 31.3. The summed E-state index contributed by atoms with van der Waals surface area (Å²) in [6.45, 7) is 0. The van der Waals surface area contributed by atoms with E-state index in [4.69, 9.17) is 10.3 Å². The number of nitrogens with two attached hydrogens (primary N) is 1. The summed E-state index contributed by atoms with van der Waals surface area (Å²) >= 11 is 1.87. The molecule has 1 heterocycles. The zero-order chi connectivity index (χ0) is 18.9. The van der Waals surface area contributed by atoms with Gasteiger partial charge in [0.2, 0.25) is 5.88 Å². The van der Waals surface area contributed by atoms with Crippen LogP contribution < -0.4 is 10.6 Å². The van der Waals surface area contributed by atoms with E-state index in [1.165, 1.54) is 18.2 Å². The molecular formula is C13H11IN2O8S. The number of halogens is 1. The highest BCUT2D eigenvalue weighted by Gasteiger charge is 2.26. The van der Waals surface area contributed by atoms with Crippen molar-refractivity contribution in [2.24, 2.45) is 0 Å². The van der Waals surface area contributed by atoms with E-state index >= 15 is 0 Å². The lowest BCUT2D eigenvalue weighted by atomic mass is 10.1. The van der Waals surface area contributed by atoms with Crippen LogP contribution in [0.15, 0.2) is 29.2 Å². The Bertz CT molecular complexity index is 967. The minimum Gasteiger partial charge on any atom is -0.492 e. The number of ketones is 1. The van der Waals surface area contributed by atoms with Gasteiger partial charge < -0.3 is 20.8 Å². The molecule has 0 amide bonds. The Labute approximate surface area is 154 Å². The van der Waals surface area contributed by atoms with E-state index in [9.17, 15) is 28.2 Å². The molecule has 0 aliphatic heterocycles. The summed E-state index contributed by atoms with van der Waals surface area (Å²) in [5.74, 6) is -3.50. The molecule has 0 atom stereocenters. The van der Waals surface area contributed by atoms with Crippen LogP contribution in [-0.2, 0) is 10.1 Å². The van der Waals surface area contributed by atoms with Crippen molar-refractivity contribution in [2.75, 3.05) is 10.2 Å². The Balaban J connectivity index is 2.35. The number of carbonyl (C=O) groups excluding carboxylic acids is 2. The molecule has 0 bridgehead atoms. The van der Waals surface area contributed by atoms with E-state index in [0.29, 0.717) is 6.07 Å². The average molecular weight is 482 g/mol. The molecule has 134 valence electrons. The molecule has 0 radical (unpaired) electrons. The minimum absolute atomic E-state index is 0.0955. The molecule has 12 heteroatoms. The number of rotatable bonds is 5. The van der Waals surface area contributed by atoms with Gasteiger partial charge in [-0.3, -0.25) is 9.35 Å². The highest BCUT2D eigenvalue weighted by molar-refractivity contribution is 14.1. The van der Waals surface area contributed by atoms with Crippen molar-refractivity contribution >= 4 is 50.1 Å². The maximum atomic E-state index is 12.1. The van der Waals surface area contributed by atoms with Gasteiger partial charge in [0, 0.05) is 17.3 Å². The molecule has 0 saturated carbocycles. The van der Waals surface area contributed by atoms with E-state index in [-0.39, 0.29) is 31.8 Å². The van der Waals surface area contributed by atoms with Gasteiger partial charge in [0.25, 0.3) is 16.0 Å². The second-order valence-corrected chi connectivity index (χ2v) is 6.85. The van der Waals surface area contributed by atoms with Gasteiger partial charge in [0.05, 0.1) is 9.99 Å². The van der Waals surface area contributed by atoms with Gasteiger partial charge in [0.15, 0.2) is 10.7 Å². The first-order valence-corrected chi connectivity index (χ1v) is 9.35. The number of benzene rings is 1. The van der Waals surface area contributed by atoms with Crippen LogP contribution in [-0.4, -0.2) is 44.1 Å².